The van der Waals surface area contributed by atoms with Crippen molar-refractivity contribution in [1.29, 1.82) is 0 Å². The number of carbonyl (C=O) groups is 2. The number of rotatable bonds is 10. The molecule has 3 N–H and O–H groups in total. The van der Waals surface area contributed by atoms with E-state index in [4.69, 9.17) is 19.9 Å². The zero-order valence-electron chi connectivity index (χ0n) is 20.6. The first kappa shape index (κ1) is 25.4. The second-order valence-electron chi connectivity index (χ2n) is 8.19. The molecule has 0 aliphatic rings. The van der Waals surface area contributed by atoms with Crippen LogP contribution in [-0.2, 0) is 4.79 Å². The molecule has 2 aromatic heterocycles. The second kappa shape index (κ2) is 11.8. The highest BCUT2D eigenvalue weighted by Gasteiger charge is 2.12. The number of ether oxygens (including phenoxy) is 3. The Labute approximate surface area is 213 Å². The third-order valence-corrected chi connectivity index (χ3v) is 5.61. The summed E-state index contributed by atoms with van der Waals surface area (Å²) in [7, 11) is 1.58. The number of pyridine rings is 1. The van der Waals surface area contributed by atoms with Crippen molar-refractivity contribution in [1.82, 2.24) is 15.0 Å². The van der Waals surface area contributed by atoms with E-state index in [1.165, 1.54) is 6.33 Å². The number of nitrogens with one attached hydrogen (secondary N) is 1. The van der Waals surface area contributed by atoms with Crippen LogP contribution in [0.1, 0.15) is 25.0 Å². The first-order valence-corrected chi connectivity index (χ1v) is 11.7. The first-order chi connectivity index (χ1) is 17.9. The molecule has 0 saturated carbocycles. The molecular weight excluding hydrogens is 474 g/mol. The van der Waals surface area contributed by atoms with Crippen molar-refractivity contribution < 1.29 is 23.8 Å². The van der Waals surface area contributed by atoms with E-state index in [9.17, 15) is 9.59 Å². The molecule has 0 aliphatic carbocycles. The van der Waals surface area contributed by atoms with Gasteiger partial charge in [-0.2, -0.15) is 0 Å². The maximum absolute atomic E-state index is 12.4. The van der Waals surface area contributed by atoms with Gasteiger partial charge in [0.1, 0.15) is 17.6 Å². The number of hydrogen-bond acceptors (Lipinski definition) is 8. The lowest BCUT2D eigenvalue weighted by atomic mass is 10.0. The molecule has 2 heterocycles. The van der Waals surface area contributed by atoms with E-state index in [-0.39, 0.29) is 18.1 Å². The van der Waals surface area contributed by atoms with E-state index in [0.29, 0.717) is 36.8 Å². The van der Waals surface area contributed by atoms with E-state index in [1.807, 2.05) is 25.1 Å². The minimum absolute atomic E-state index is 0.197. The second-order valence-corrected chi connectivity index (χ2v) is 8.19. The van der Waals surface area contributed by atoms with Gasteiger partial charge in [0.2, 0.25) is 11.8 Å². The van der Waals surface area contributed by atoms with Crippen LogP contribution >= 0.6 is 0 Å². The van der Waals surface area contributed by atoms with Crippen LogP contribution in [0.3, 0.4) is 0 Å². The molecular formula is C27H27N5O5. The molecule has 10 heteroatoms. The zero-order valence-corrected chi connectivity index (χ0v) is 20.6. The van der Waals surface area contributed by atoms with E-state index in [2.05, 4.69) is 20.3 Å². The number of nitrogens with zero attached hydrogens (tertiary/aromatic N) is 3. The third-order valence-electron chi connectivity index (χ3n) is 5.61. The number of aryl methyl sites for hydroxylation is 1. The van der Waals surface area contributed by atoms with E-state index < -0.39 is 6.09 Å². The molecule has 0 spiro atoms. The Bertz CT molecular complexity index is 1410. The quantitative estimate of drug-likeness (QED) is 0.299. The van der Waals surface area contributed by atoms with Crippen LogP contribution in [0, 0.1) is 6.92 Å². The summed E-state index contributed by atoms with van der Waals surface area (Å²) < 4.78 is 16.2. The standard InChI is InChI=1S/C27H27N5O5/c1-17-20-13-19(18-10-11-25(35-2)29-15-18)14-23(26(20)31-16-30-17)36-12-6-5-9-24(33)32-21-7-3-4-8-22(21)37-27(28)34/h3-4,7-8,10-11,13-16H,5-6,9,12H2,1-2H3,(H2,28,34)(H,32,33). The number of nitrogens with two attached hydrogens (primary N) is 1. The van der Waals surface area contributed by atoms with Gasteiger partial charge in [-0.25, -0.2) is 19.7 Å². The molecule has 37 heavy (non-hydrogen) atoms. The number of unbranched alkanes of at least 4 members (excludes halogenated alkanes) is 1. The summed E-state index contributed by atoms with van der Waals surface area (Å²) in [5.41, 5.74) is 8.86. The van der Waals surface area contributed by atoms with Crippen molar-refractivity contribution in [3.05, 3.63) is 66.7 Å². The van der Waals surface area contributed by atoms with Gasteiger partial charge in [-0.15, -0.1) is 0 Å². The number of para-hydroxylation sites is 2. The van der Waals surface area contributed by atoms with Gasteiger partial charge in [0.15, 0.2) is 5.75 Å². The number of hydrogen-bond donors (Lipinski definition) is 2. The van der Waals surface area contributed by atoms with Crippen molar-refractivity contribution >= 4 is 28.6 Å². The maximum Gasteiger partial charge on any atom is 0.410 e. The van der Waals surface area contributed by atoms with Crippen LogP contribution in [0.15, 0.2) is 61.1 Å². The summed E-state index contributed by atoms with van der Waals surface area (Å²) in [5, 5.41) is 3.64. The highest BCUT2D eigenvalue weighted by Crippen LogP contribution is 2.33. The molecule has 0 bridgehead atoms. The molecule has 190 valence electrons. The Balaban J connectivity index is 1.38. The van der Waals surface area contributed by atoms with E-state index in [1.54, 1.807) is 43.6 Å². The van der Waals surface area contributed by atoms with Crippen LogP contribution in [-0.4, -0.2) is 40.7 Å². The summed E-state index contributed by atoms with van der Waals surface area (Å²) in [6.45, 7) is 2.33. The summed E-state index contributed by atoms with van der Waals surface area (Å²) in [6, 6.07) is 14.3. The molecule has 0 radical (unpaired) electrons. The Kier molecular flexibility index (Phi) is 8.09. The average molecular weight is 502 g/mol. The predicted octanol–water partition coefficient (Wildman–Crippen LogP) is 4.65. The fraction of sp³-hybridized carbons (Fsp3) is 0.222. The highest BCUT2D eigenvalue weighted by atomic mass is 16.5. The molecule has 4 rings (SSSR count). The number of anilines is 1. The molecule has 0 saturated heterocycles. The van der Waals surface area contributed by atoms with Gasteiger partial charge < -0.3 is 25.3 Å². The lowest BCUT2D eigenvalue weighted by Gasteiger charge is -2.13. The van der Waals surface area contributed by atoms with Gasteiger partial charge in [-0.1, -0.05) is 12.1 Å². The molecule has 0 atom stereocenters. The normalized spacial score (nSPS) is 10.6. The van der Waals surface area contributed by atoms with Crippen molar-refractivity contribution in [2.45, 2.75) is 26.2 Å². The Morgan fingerprint density at radius 1 is 0.973 bits per heavy atom. The molecule has 2 amide bonds. The van der Waals surface area contributed by atoms with Crippen LogP contribution < -0.4 is 25.3 Å². The van der Waals surface area contributed by atoms with Gasteiger partial charge >= 0.3 is 6.09 Å². The molecule has 4 aromatic rings. The van der Waals surface area contributed by atoms with E-state index in [0.717, 1.165) is 27.7 Å². The van der Waals surface area contributed by atoms with Crippen LogP contribution in [0.2, 0.25) is 0 Å². The number of amides is 2. The van der Waals surface area contributed by atoms with E-state index >= 15 is 0 Å². The average Bonchev–Trinajstić information content (AvgIpc) is 2.89. The maximum atomic E-state index is 12.4. The minimum Gasteiger partial charge on any atom is -0.491 e. The SMILES string of the molecule is COc1ccc(-c2cc(OCCCCC(=O)Nc3ccccc3OC(N)=O)c3ncnc(C)c3c2)cn1. The fourth-order valence-electron chi connectivity index (χ4n) is 3.76. The number of primary amides is 1. The Morgan fingerprint density at radius 3 is 2.57 bits per heavy atom. The molecule has 0 unspecified atom stereocenters. The largest absolute Gasteiger partial charge is 0.491 e. The first-order valence-electron chi connectivity index (χ1n) is 11.7. The van der Waals surface area contributed by atoms with Gasteiger partial charge in [0.05, 0.1) is 19.4 Å². The van der Waals surface area contributed by atoms with Crippen LogP contribution in [0.25, 0.3) is 22.0 Å². The zero-order chi connectivity index (χ0) is 26.2. The number of fused-ring (bicyclic) bond motifs is 1. The lowest BCUT2D eigenvalue weighted by Crippen LogP contribution is -2.18. The van der Waals surface area contributed by atoms with Crippen molar-refractivity contribution in [3.63, 3.8) is 0 Å². The van der Waals surface area contributed by atoms with Crippen molar-refractivity contribution in [2.24, 2.45) is 5.73 Å². The lowest BCUT2D eigenvalue weighted by molar-refractivity contribution is -0.116. The molecule has 10 nitrogen and oxygen atoms in total. The Morgan fingerprint density at radius 2 is 1.81 bits per heavy atom. The topological polar surface area (TPSA) is 139 Å². The smallest absolute Gasteiger partial charge is 0.410 e. The number of methoxy groups -OCH3 is 1. The van der Waals surface area contributed by atoms with Crippen LogP contribution in [0.4, 0.5) is 10.5 Å². The number of aromatic nitrogens is 3. The fourth-order valence-corrected chi connectivity index (χ4v) is 3.76. The van der Waals surface area contributed by atoms with Gasteiger partial charge in [0.25, 0.3) is 0 Å². The highest BCUT2D eigenvalue weighted by molar-refractivity contribution is 5.93. The molecule has 2 aromatic carbocycles. The molecule has 0 fully saturated rings. The van der Waals surface area contributed by atoms with Crippen molar-refractivity contribution in [2.75, 3.05) is 19.0 Å². The molecule has 0 aliphatic heterocycles. The summed E-state index contributed by atoms with van der Waals surface area (Å²) in [6.07, 6.45) is 3.83. The van der Waals surface area contributed by atoms with Gasteiger partial charge in [-0.3, -0.25) is 4.79 Å². The third kappa shape index (κ3) is 6.49. The van der Waals surface area contributed by atoms with Gasteiger partial charge in [0, 0.05) is 35.3 Å². The van der Waals surface area contributed by atoms with Crippen molar-refractivity contribution in [3.8, 4) is 28.5 Å². The predicted molar refractivity (Wildman–Crippen MR) is 139 cm³/mol. The number of carbonyl (C=O) groups excluding carboxylic acids is 2. The van der Waals surface area contributed by atoms with Gasteiger partial charge in [-0.05, 0) is 55.7 Å². The van der Waals surface area contributed by atoms with Crippen LogP contribution in [0.5, 0.6) is 17.4 Å². The summed E-state index contributed by atoms with van der Waals surface area (Å²) in [5.74, 6) is 1.16. The minimum atomic E-state index is -0.945. The summed E-state index contributed by atoms with van der Waals surface area (Å²) >= 11 is 0. The Hall–Kier alpha value is -4.73. The summed E-state index contributed by atoms with van der Waals surface area (Å²) in [4.78, 5) is 36.5. The number of benzene rings is 2. The monoisotopic (exact) mass is 501 g/mol.